The van der Waals surface area contributed by atoms with Crippen molar-refractivity contribution in [1.29, 1.82) is 0 Å². The third kappa shape index (κ3) is 3.87. The number of aryl methyl sites for hydroxylation is 1. The lowest BCUT2D eigenvalue weighted by atomic mass is 9.79. The predicted octanol–water partition coefficient (Wildman–Crippen LogP) is 3.20. The normalized spacial score (nSPS) is 25.2. The van der Waals surface area contributed by atoms with Gasteiger partial charge in [0.05, 0.1) is 4.92 Å². The molecule has 1 aromatic rings. The Morgan fingerprint density at radius 3 is 2.67 bits per heavy atom. The minimum atomic E-state index is -0.304. The fraction of sp³-hybridized carbons (Fsp3) is 0.667. The van der Waals surface area contributed by atoms with Crippen LogP contribution in [0.15, 0.2) is 18.2 Å². The van der Waals surface area contributed by atoms with Gasteiger partial charge in [0.15, 0.2) is 0 Å². The van der Waals surface area contributed by atoms with E-state index in [1.165, 1.54) is 12.8 Å². The molecule has 6 nitrogen and oxygen atoms in total. The average Bonchev–Trinajstić information content (AvgIpc) is 2.51. The van der Waals surface area contributed by atoms with E-state index in [0.717, 1.165) is 44.0 Å². The highest BCUT2D eigenvalue weighted by Crippen LogP contribution is 2.34. The highest BCUT2D eigenvalue weighted by atomic mass is 16.6. The Balaban J connectivity index is 1.51. The average molecular weight is 333 g/mol. The molecule has 0 amide bonds. The van der Waals surface area contributed by atoms with E-state index < -0.39 is 0 Å². The zero-order valence-electron chi connectivity index (χ0n) is 14.5. The van der Waals surface area contributed by atoms with E-state index >= 15 is 0 Å². The first-order chi connectivity index (χ1) is 11.6. The summed E-state index contributed by atoms with van der Waals surface area (Å²) in [4.78, 5) is 13.5. The lowest BCUT2D eigenvalue weighted by Gasteiger charge is -2.45. The van der Waals surface area contributed by atoms with Crippen molar-refractivity contribution in [3.63, 3.8) is 0 Å². The summed E-state index contributed by atoms with van der Waals surface area (Å²) < 4.78 is 5.22. The standard InChI is InChI=1S/C18H27N3O3/c1-13-3-4-18(21(22)23)17(9-13)19-15-5-7-20(8-6-15)16-10-14(11-16)12-24-2/h3-4,9,14-16,19H,5-8,10-12H2,1-2H3/t14-,16+. The van der Waals surface area contributed by atoms with Crippen molar-refractivity contribution in [1.82, 2.24) is 4.90 Å². The molecule has 0 spiro atoms. The zero-order valence-corrected chi connectivity index (χ0v) is 14.5. The maximum absolute atomic E-state index is 11.2. The quantitative estimate of drug-likeness (QED) is 0.639. The summed E-state index contributed by atoms with van der Waals surface area (Å²) in [6, 6.07) is 6.29. The number of nitrogens with zero attached hydrogens (tertiary/aromatic N) is 2. The van der Waals surface area contributed by atoms with Crippen molar-refractivity contribution >= 4 is 11.4 Å². The smallest absolute Gasteiger partial charge is 0.292 e. The molecule has 132 valence electrons. The third-order valence-corrected chi connectivity index (χ3v) is 5.37. The molecule has 1 saturated carbocycles. The molecule has 2 fully saturated rings. The molecule has 0 aromatic heterocycles. The van der Waals surface area contributed by atoms with Gasteiger partial charge in [-0.1, -0.05) is 6.07 Å². The number of benzene rings is 1. The molecule has 1 saturated heterocycles. The van der Waals surface area contributed by atoms with Gasteiger partial charge in [-0.2, -0.15) is 0 Å². The van der Waals surface area contributed by atoms with Gasteiger partial charge in [0, 0.05) is 45.0 Å². The highest BCUT2D eigenvalue weighted by molar-refractivity contribution is 5.63. The monoisotopic (exact) mass is 333 g/mol. The van der Waals surface area contributed by atoms with Crippen LogP contribution in [0.5, 0.6) is 0 Å². The Morgan fingerprint density at radius 2 is 2.04 bits per heavy atom. The van der Waals surface area contributed by atoms with Crippen LogP contribution < -0.4 is 5.32 Å². The number of anilines is 1. The maximum Gasteiger partial charge on any atom is 0.292 e. The first kappa shape index (κ1) is 17.2. The Labute approximate surface area is 143 Å². The Kier molecular flexibility index (Phi) is 5.36. The Bertz CT molecular complexity index is 579. The number of piperidine rings is 1. The maximum atomic E-state index is 11.2. The number of ether oxygens (including phenoxy) is 1. The molecule has 0 bridgehead atoms. The van der Waals surface area contributed by atoms with Gasteiger partial charge in [0.25, 0.3) is 5.69 Å². The molecule has 0 unspecified atom stereocenters. The SMILES string of the molecule is COC[C@H]1C[C@@H](N2CCC(Nc3cc(C)ccc3[N+](=O)[O-])CC2)C1. The van der Waals surface area contributed by atoms with Crippen LogP contribution in [0, 0.1) is 23.0 Å². The van der Waals surface area contributed by atoms with E-state index in [0.29, 0.717) is 17.8 Å². The first-order valence-electron chi connectivity index (χ1n) is 8.81. The van der Waals surface area contributed by atoms with Gasteiger partial charge in [-0.3, -0.25) is 10.1 Å². The van der Waals surface area contributed by atoms with Gasteiger partial charge in [-0.15, -0.1) is 0 Å². The minimum Gasteiger partial charge on any atom is -0.384 e. The molecule has 0 atom stereocenters. The molecular formula is C18H27N3O3. The lowest BCUT2D eigenvalue weighted by molar-refractivity contribution is -0.384. The van der Waals surface area contributed by atoms with Crippen LogP contribution in [0.25, 0.3) is 0 Å². The highest BCUT2D eigenvalue weighted by Gasteiger charge is 2.35. The Morgan fingerprint density at radius 1 is 1.33 bits per heavy atom. The van der Waals surface area contributed by atoms with E-state index in [1.807, 2.05) is 13.0 Å². The minimum absolute atomic E-state index is 0.171. The van der Waals surface area contributed by atoms with E-state index in [4.69, 9.17) is 4.74 Å². The van der Waals surface area contributed by atoms with Crippen LogP contribution in [-0.2, 0) is 4.74 Å². The van der Waals surface area contributed by atoms with Gasteiger partial charge in [-0.25, -0.2) is 0 Å². The molecule has 24 heavy (non-hydrogen) atoms. The van der Waals surface area contributed by atoms with Gasteiger partial charge < -0.3 is 15.0 Å². The van der Waals surface area contributed by atoms with E-state index in [9.17, 15) is 10.1 Å². The van der Waals surface area contributed by atoms with Crippen LogP contribution in [0.3, 0.4) is 0 Å². The summed E-state index contributed by atoms with van der Waals surface area (Å²) >= 11 is 0. The fourth-order valence-corrected chi connectivity index (χ4v) is 3.92. The number of hydrogen-bond acceptors (Lipinski definition) is 5. The topological polar surface area (TPSA) is 67.6 Å². The van der Waals surface area contributed by atoms with Crippen molar-refractivity contribution in [2.75, 3.05) is 32.1 Å². The lowest BCUT2D eigenvalue weighted by Crippen LogP contribution is -2.50. The van der Waals surface area contributed by atoms with Crippen LogP contribution in [0.1, 0.15) is 31.2 Å². The van der Waals surface area contributed by atoms with E-state index in [-0.39, 0.29) is 10.6 Å². The predicted molar refractivity (Wildman–Crippen MR) is 94.4 cm³/mol. The van der Waals surface area contributed by atoms with Crippen molar-refractivity contribution < 1.29 is 9.66 Å². The molecule has 1 aliphatic heterocycles. The second kappa shape index (κ2) is 7.49. The van der Waals surface area contributed by atoms with Crippen LogP contribution in [-0.4, -0.2) is 48.7 Å². The second-order valence-electron chi connectivity index (χ2n) is 7.18. The molecule has 3 rings (SSSR count). The number of likely N-dealkylation sites (tertiary alicyclic amines) is 1. The first-order valence-corrected chi connectivity index (χ1v) is 8.81. The third-order valence-electron chi connectivity index (χ3n) is 5.37. The number of methoxy groups -OCH3 is 1. The largest absolute Gasteiger partial charge is 0.384 e. The molecular weight excluding hydrogens is 306 g/mol. The summed E-state index contributed by atoms with van der Waals surface area (Å²) in [6.07, 6.45) is 4.57. The van der Waals surface area contributed by atoms with E-state index in [1.54, 1.807) is 19.2 Å². The molecule has 1 aromatic carbocycles. The summed E-state index contributed by atoms with van der Waals surface area (Å²) in [5, 5.41) is 14.6. The van der Waals surface area contributed by atoms with Crippen LogP contribution >= 0.6 is 0 Å². The van der Waals surface area contributed by atoms with Gasteiger partial charge >= 0.3 is 0 Å². The molecule has 0 radical (unpaired) electrons. The van der Waals surface area contributed by atoms with Crippen molar-refractivity contribution in [3.05, 3.63) is 33.9 Å². The number of nitro benzene ring substituents is 1. The van der Waals surface area contributed by atoms with Crippen LogP contribution in [0.2, 0.25) is 0 Å². The molecule has 1 heterocycles. The summed E-state index contributed by atoms with van der Waals surface area (Å²) in [5.41, 5.74) is 1.87. The molecule has 1 N–H and O–H groups in total. The van der Waals surface area contributed by atoms with Gasteiger partial charge in [0.2, 0.25) is 0 Å². The second-order valence-corrected chi connectivity index (χ2v) is 7.18. The number of nitro groups is 1. The van der Waals surface area contributed by atoms with Crippen molar-refractivity contribution in [2.45, 2.75) is 44.7 Å². The number of hydrogen-bond donors (Lipinski definition) is 1. The van der Waals surface area contributed by atoms with Gasteiger partial charge in [-0.05, 0) is 50.2 Å². The van der Waals surface area contributed by atoms with Gasteiger partial charge in [0.1, 0.15) is 5.69 Å². The summed E-state index contributed by atoms with van der Waals surface area (Å²) in [6.45, 7) is 4.99. The molecule has 1 aliphatic carbocycles. The van der Waals surface area contributed by atoms with E-state index in [2.05, 4.69) is 10.2 Å². The van der Waals surface area contributed by atoms with Crippen molar-refractivity contribution in [2.24, 2.45) is 5.92 Å². The zero-order chi connectivity index (χ0) is 17.1. The fourth-order valence-electron chi connectivity index (χ4n) is 3.92. The van der Waals surface area contributed by atoms with Crippen molar-refractivity contribution in [3.8, 4) is 0 Å². The number of rotatable bonds is 6. The summed E-state index contributed by atoms with van der Waals surface area (Å²) in [7, 11) is 1.77. The molecule has 2 aliphatic rings. The Hall–Kier alpha value is -1.66. The molecule has 6 heteroatoms. The number of nitrogens with one attached hydrogen (secondary N) is 1. The van der Waals surface area contributed by atoms with Crippen LogP contribution in [0.4, 0.5) is 11.4 Å². The summed E-state index contributed by atoms with van der Waals surface area (Å²) in [5.74, 6) is 0.728.